The Morgan fingerprint density at radius 1 is 1.42 bits per heavy atom. The van der Waals surface area contributed by atoms with Crippen molar-refractivity contribution in [3.05, 3.63) is 35.0 Å². The summed E-state index contributed by atoms with van der Waals surface area (Å²) in [4.78, 5) is 13.6. The predicted molar refractivity (Wildman–Crippen MR) is 48.7 cm³/mol. The van der Waals surface area contributed by atoms with Crippen molar-refractivity contribution in [2.75, 3.05) is 0 Å². The van der Waals surface area contributed by atoms with Crippen LogP contribution in [0.2, 0.25) is 5.02 Å². The Morgan fingerprint density at radius 3 is 3.00 bits per heavy atom. The number of aromatic amines is 1. The topological polar surface area (TPSA) is 32.9 Å². The number of hydrogen-bond donors (Lipinski definition) is 1. The van der Waals surface area contributed by atoms with Gasteiger partial charge in [0.2, 0.25) is 0 Å². The molecule has 0 amide bonds. The molecule has 2 nitrogen and oxygen atoms in total. The van der Waals surface area contributed by atoms with Crippen molar-refractivity contribution in [1.82, 2.24) is 4.98 Å². The van der Waals surface area contributed by atoms with Gasteiger partial charge in [-0.1, -0.05) is 11.6 Å². The van der Waals surface area contributed by atoms with E-state index in [-0.39, 0.29) is 0 Å². The number of carbonyl (C=O) groups excluding carboxylic acids is 1. The highest BCUT2D eigenvalue weighted by Gasteiger charge is 2.02. The lowest BCUT2D eigenvalue weighted by atomic mass is 10.2. The van der Waals surface area contributed by atoms with Crippen molar-refractivity contribution in [3.8, 4) is 0 Å². The van der Waals surface area contributed by atoms with Crippen LogP contribution < -0.4 is 0 Å². The number of aldehydes is 1. The third kappa shape index (κ3) is 1.01. The molecule has 0 bridgehead atoms. The summed E-state index contributed by atoms with van der Waals surface area (Å²) in [5.41, 5.74) is 1.44. The lowest BCUT2D eigenvalue weighted by Gasteiger charge is -1.95. The molecule has 0 saturated carbocycles. The van der Waals surface area contributed by atoms with E-state index in [2.05, 4.69) is 4.98 Å². The van der Waals surface area contributed by atoms with Crippen LogP contribution in [-0.2, 0) is 0 Å². The molecule has 1 N–H and O–H groups in total. The number of fused-ring (bicyclic) bond motifs is 1. The Labute approximate surface area is 74.2 Å². The number of rotatable bonds is 1. The van der Waals surface area contributed by atoms with E-state index in [1.165, 1.54) is 0 Å². The van der Waals surface area contributed by atoms with E-state index in [9.17, 15) is 4.79 Å². The Kier molecular flexibility index (Phi) is 1.62. The molecule has 60 valence electrons. The molecule has 0 radical (unpaired) electrons. The smallest absolute Gasteiger partial charge is 0.152 e. The van der Waals surface area contributed by atoms with Gasteiger partial charge in [-0.25, -0.2) is 0 Å². The molecule has 3 heteroatoms. The average molecular weight is 180 g/mol. The zero-order valence-electron chi connectivity index (χ0n) is 6.17. The molecule has 0 saturated heterocycles. The van der Waals surface area contributed by atoms with Gasteiger partial charge >= 0.3 is 0 Å². The minimum atomic E-state index is 0.587. The van der Waals surface area contributed by atoms with Gasteiger partial charge in [-0.3, -0.25) is 4.79 Å². The number of aromatic nitrogens is 1. The van der Waals surface area contributed by atoms with Crippen molar-refractivity contribution in [1.29, 1.82) is 0 Å². The summed E-state index contributed by atoms with van der Waals surface area (Å²) >= 11 is 5.79. The first-order valence-electron chi connectivity index (χ1n) is 3.53. The molecule has 0 unspecified atom stereocenters. The Bertz CT molecular complexity index is 433. The first kappa shape index (κ1) is 7.37. The molecule has 0 aliphatic heterocycles. The SMILES string of the molecule is O=Cc1cc(Cl)cc2cc[nH]c12. The van der Waals surface area contributed by atoms with E-state index in [4.69, 9.17) is 11.6 Å². The van der Waals surface area contributed by atoms with Crippen molar-refractivity contribution in [2.45, 2.75) is 0 Å². The Hall–Kier alpha value is -1.28. The molecule has 1 aromatic heterocycles. The van der Waals surface area contributed by atoms with Crippen molar-refractivity contribution in [3.63, 3.8) is 0 Å². The first-order chi connectivity index (χ1) is 5.81. The second-order valence-corrected chi connectivity index (χ2v) is 2.99. The molecule has 1 aromatic carbocycles. The predicted octanol–water partition coefficient (Wildman–Crippen LogP) is 2.63. The summed E-state index contributed by atoms with van der Waals surface area (Å²) in [7, 11) is 0. The minimum absolute atomic E-state index is 0.587. The molecule has 0 spiro atoms. The zero-order valence-corrected chi connectivity index (χ0v) is 6.93. The number of H-pyrrole nitrogens is 1. The van der Waals surface area contributed by atoms with E-state index < -0.39 is 0 Å². The lowest BCUT2D eigenvalue weighted by Crippen LogP contribution is -1.81. The molecule has 0 fully saturated rings. The third-order valence-corrected chi connectivity index (χ3v) is 2.00. The van der Waals surface area contributed by atoms with Crippen LogP contribution in [-0.4, -0.2) is 11.3 Å². The summed E-state index contributed by atoms with van der Waals surface area (Å²) in [6, 6.07) is 5.35. The van der Waals surface area contributed by atoms with Gasteiger partial charge in [0.25, 0.3) is 0 Å². The maximum absolute atomic E-state index is 10.6. The number of halogens is 1. The monoisotopic (exact) mass is 179 g/mol. The van der Waals surface area contributed by atoms with Crippen LogP contribution in [0.25, 0.3) is 10.9 Å². The van der Waals surface area contributed by atoms with Gasteiger partial charge in [-0.2, -0.15) is 0 Å². The third-order valence-electron chi connectivity index (χ3n) is 1.78. The summed E-state index contributed by atoms with van der Waals surface area (Å²) in [5.74, 6) is 0. The van der Waals surface area contributed by atoms with E-state index in [0.29, 0.717) is 10.6 Å². The Balaban J connectivity index is 2.88. The molecule has 1 heterocycles. The first-order valence-corrected chi connectivity index (χ1v) is 3.91. The van der Waals surface area contributed by atoms with Crippen molar-refractivity contribution < 1.29 is 4.79 Å². The quantitative estimate of drug-likeness (QED) is 0.671. The van der Waals surface area contributed by atoms with Gasteiger partial charge in [-0.15, -0.1) is 0 Å². The van der Waals surface area contributed by atoms with Crippen molar-refractivity contribution >= 4 is 28.8 Å². The second-order valence-electron chi connectivity index (χ2n) is 2.55. The second kappa shape index (κ2) is 2.64. The van der Waals surface area contributed by atoms with E-state index in [1.54, 1.807) is 12.3 Å². The van der Waals surface area contributed by atoms with Gasteiger partial charge < -0.3 is 4.98 Å². The summed E-state index contributed by atoms with van der Waals surface area (Å²) in [6.45, 7) is 0. The van der Waals surface area contributed by atoms with Gasteiger partial charge in [-0.05, 0) is 18.2 Å². The maximum atomic E-state index is 10.6. The molecule has 0 atom stereocenters. The normalized spacial score (nSPS) is 10.4. The number of benzene rings is 1. The summed E-state index contributed by atoms with van der Waals surface area (Å²) in [6.07, 6.45) is 2.58. The van der Waals surface area contributed by atoms with Gasteiger partial charge in [0.05, 0.1) is 5.52 Å². The van der Waals surface area contributed by atoms with Gasteiger partial charge in [0.15, 0.2) is 6.29 Å². The van der Waals surface area contributed by atoms with E-state index >= 15 is 0 Å². The van der Waals surface area contributed by atoms with Gasteiger partial charge in [0, 0.05) is 22.2 Å². The van der Waals surface area contributed by atoms with Crippen LogP contribution in [0.1, 0.15) is 10.4 Å². The number of nitrogens with one attached hydrogen (secondary N) is 1. The van der Waals surface area contributed by atoms with Crippen LogP contribution >= 0.6 is 11.6 Å². The largest absolute Gasteiger partial charge is 0.361 e. The van der Waals surface area contributed by atoms with Crippen LogP contribution in [0.5, 0.6) is 0 Å². The van der Waals surface area contributed by atoms with Gasteiger partial charge in [0.1, 0.15) is 0 Å². The highest BCUT2D eigenvalue weighted by molar-refractivity contribution is 6.31. The van der Waals surface area contributed by atoms with Crippen LogP contribution in [0.15, 0.2) is 24.4 Å². The number of hydrogen-bond acceptors (Lipinski definition) is 1. The summed E-state index contributed by atoms with van der Waals surface area (Å²) < 4.78 is 0. The molecule has 2 rings (SSSR count). The average Bonchev–Trinajstić information content (AvgIpc) is 2.50. The standard InChI is InChI=1S/C9H6ClNO/c10-8-3-6-1-2-11-9(6)7(4-8)5-12/h1-5,11H. The highest BCUT2D eigenvalue weighted by Crippen LogP contribution is 2.21. The minimum Gasteiger partial charge on any atom is -0.361 e. The number of carbonyl (C=O) groups is 1. The van der Waals surface area contributed by atoms with E-state index in [1.807, 2.05) is 12.1 Å². The fourth-order valence-corrected chi connectivity index (χ4v) is 1.49. The molecular formula is C9H6ClNO. The lowest BCUT2D eigenvalue weighted by molar-refractivity contribution is 0.112. The van der Waals surface area contributed by atoms with Crippen LogP contribution in [0.4, 0.5) is 0 Å². The fraction of sp³-hybridized carbons (Fsp3) is 0. The molecular weight excluding hydrogens is 174 g/mol. The maximum Gasteiger partial charge on any atom is 0.152 e. The molecule has 0 aliphatic carbocycles. The highest BCUT2D eigenvalue weighted by atomic mass is 35.5. The fourth-order valence-electron chi connectivity index (χ4n) is 1.26. The molecule has 0 aliphatic rings. The summed E-state index contributed by atoms with van der Waals surface area (Å²) in [5, 5.41) is 1.55. The molecule has 12 heavy (non-hydrogen) atoms. The van der Waals surface area contributed by atoms with Crippen LogP contribution in [0.3, 0.4) is 0 Å². The zero-order chi connectivity index (χ0) is 8.55. The van der Waals surface area contributed by atoms with Crippen LogP contribution in [0, 0.1) is 0 Å². The Morgan fingerprint density at radius 2 is 2.25 bits per heavy atom. The van der Waals surface area contributed by atoms with E-state index in [0.717, 1.165) is 17.2 Å². The van der Waals surface area contributed by atoms with Crippen molar-refractivity contribution in [2.24, 2.45) is 0 Å². The molecule has 2 aromatic rings.